The monoisotopic (exact) mass is 353 g/mol. The number of fused-ring (bicyclic) bond motifs is 1. The molecule has 1 fully saturated rings. The molecule has 1 aromatic carbocycles. The molecule has 2 aliphatic rings. The molecule has 2 aliphatic heterocycles. The second-order valence-electron chi connectivity index (χ2n) is 6.36. The lowest BCUT2D eigenvalue weighted by atomic mass is 9.95. The van der Waals surface area contributed by atoms with E-state index in [9.17, 15) is 9.18 Å². The van der Waals surface area contributed by atoms with Gasteiger partial charge in [0.1, 0.15) is 12.0 Å². The van der Waals surface area contributed by atoms with Gasteiger partial charge in [-0.1, -0.05) is 23.2 Å². The number of nitrogens with one attached hydrogen (secondary N) is 1. The van der Waals surface area contributed by atoms with Crippen LogP contribution in [0.4, 0.5) is 10.1 Å². The van der Waals surface area contributed by atoms with Gasteiger partial charge in [-0.15, -0.1) is 4.79 Å². The summed E-state index contributed by atoms with van der Waals surface area (Å²) in [6, 6.07) is 8.38. The molecule has 2 aromatic rings. The molecule has 26 heavy (non-hydrogen) atoms. The molecule has 4 rings (SSSR count). The lowest BCUT2D eigenvalue weighted by molar-refractivity contribution is -0.141. The van der Waals surface area contributed by atoms with Gasteiger partial charge in [-0.3, -0.25) is 4.79 Å². The maximum absolute atomic E-state index is 13.6. The normalized spacial score (nSPS) is 16.0. The molecule has 132 valence electrons. The number of hydrogen-bond donors (Lipinski definition) is 1. The molecule has 0 spiro atoms. The number of benzene rings is 1. The van der Waals surface area contributed by atoms with Gasteiger partial charge in [-0.2, -0.15) is 0 Å². The Kier molecular flexibility index (Phi) is 4.41. The van der Waals surface area contributed by atoms with E-state index in [4.69, 9.17) is 0 Å². The van der Waals surface area contributed by atoms with E-state index in [2.05, 4.69) is 30.3 Å². The molecular formula is C18H18FN6O+. The first-order chi connectivity index (χ1) is 12.7. The number of aromatic nitrogens is 1. The number of anilines is 1. The number of pyridine rings is 1. The van der Waals surface area contributed by atoms with Crippen LogP contribution in [0.5, 0.6) is 0 Å². The lowest BCUT2D eigenvalue weighted by Crippen LogP contribution is -2.43. The zero-order chi connectivity index (χ0) is 17.9. The van der Waals surface area contributed by atoms with E-state index in [1.54, 1.807) is 24.4 Å². The Morgan fingerprint density at radius 1 is 1.27 bits per heavy atom. The second-order valence-corrected chi connectivity index (χ2v) is 6.36. The standard InChI is InChI=1S/C18H17FN6O/c19-14-4-2-1-3-13(14)11-21-18(26)12-6-9-25(10-7-12)15-5-8-20-17-16(15)22-24-23-17/h1-5,8,12H,6-7,9-11H2/p+1. The predicted octanol–water partition coefficient (Wildman–Crippen LogP) is 0.582. The van der Waals surface area contributed by atoms with Crippen LogP contribution in [0.2, 0.25) is 0 Å². The first-order valence-corrected chi connectivity index (χ1v) is 8.59. The first kappa shape index (κ1) is 16.4. The van der Waals surface area contributed by atoms with Crippen LogP contribution in [0, 0.1) is 11.7 Å². The fraction of sp³-hybridized carbons (Fsp3) is 0.333. The van der Waals surface area contributed by atoms with Gasteiger partial charge in [0.15, 0.2) is 5.22 Å². The van der Waals surface area contributed by atoms with Crippen molar-refractivity contribution in [2.24, 2.45) is 16.2 Å². The minimum absolute atomic E-state index is 0.0254. The number of halogens is 1. The minimum atomic E-state index is -0.297. The number of carbonyl (C=O) groups excluding carboxylic acids is 1. The van der Waals surface area contributed by atoms with E-state index in [-0.39, 0.29) is 24.2 Å². The van der Waals surface area contributed by atoms with E-state index in [0.717, 1.165) is 31.6 Å². The first-order valence-electron chi connectivity index (χ1n) is 8.59. The highest BCUT2D eigenvalue weighted by Gasteiger charge is 2.27. The average Bonchev–Trinajstić information content (AvgIpc) is 3.16. The van der Waals surface area contributed by atoms with Gasteiger partial charge >= 0.3 is 5.49 Å². The summed E-state index contributed by atoms with van der Waals surface area (Å²) in [6.45, 7) is 1.69. The molecule has 0 aliphatic carbocycles. The molecule has 1 amide bonds. The summed E-state index contributed by atoms with van der Waals surface area (Å²) < 4.78 is 13.6. The molecule has 1 saturated heterocycles. The van der Waals surface area contributed by atoms with Gasteiger partial charge in [0, 0.05) is 42.3 Å². The van der Waals surface area contributed by atoms with E-state index in [0.29, 0.717) is 16.4 Å². The summed E-state index contributed by atoms with van der Waals surface area (Å²) in [5, 5.41) is 11.3. The third kappa shape index (κ3) is 3.19. The highest BCUT2D eigenvalue weighted by Crippen LogP contribution is 2.21. The van der Waals surface area contributed by atoms with Gasteiger partial charge in [0.2, 0.25) is 5.91 Å². The smallest absolute Gasteiger partial charge is 0.368 e. The molecule has 0 bridgehead atoms. The number of hydrogen-bond acceptors (Lipinski definition) is 5. The highest BCUT2D eigenvalue weighted by atomic mass is 19.1. The van der Waals surface area contributed by atoms with Crippen molar-refractivity contribution in [3.05, 3.63) is 58.8 Å². The van der Waals surface area contributed by atoms with Crippen molar-refractivity contribution in [3.63, 3.8) is 0 Å². The van der Waals surface area contributed by atoms with Crippen LogP contribution in [-0.2, 0) is 11.3 Å². The van der Waals surface area contributed by atoms with Gasteiger partial charge in [-0.25, -0.2) is 4.39 Å². The number of carbonyl (C=O) groups is 1. The van der Waals surface area contributed by atoms with E-state index >= 15 is 0 Å². The fourth-order valence-electron chi connectivity index (χ4n) is 3.32. The Morgan fingerprint density at radius 2 is 2.08 bits per heavy atom. The van der Waals surface area contributed by atoms with Crippen LogP contribution < -0.4 is 21.1 Å². The molecule has 0 atom stereocenters. The van der Waals surface area contributed by atoms with Gasteiger partial charge in [0.25, 0.3) is 5.36 Å². The van der Waals surface area contributed by atoms with Crippen LogP contribution in [-0.4, -0.2) is 28.8 Å². The van der Waals surface area contributed by atoms with Gasteiger partial charge in [0.05, 0.1) is 5.69 Å². The summed E-state index contributed by atoms with van der Waals surface area (Å²) in [5.74, 6) is -0.393. The molecule has 8 heteroatoms. The zero-order valence-corrected chi connectivity index (χ0v) is 14.1. The summed E-state index contributed by atoms with van der Waals surface area (Å²) in [5.41, 5.74) is 1.98. The Hall–Kier alpha value is -3.12. The highest BCUT2D eigenvalue weighted by molar-refractivity contribution is 5.79. The third-order valence-electron chi connectivity index (χ3n) is 4.79. The molecule has 0 unspecified atom stereocenters. The number of amides is 1. The second kappa shape index (κ2) is 7.01. The van der Waals surface area contributed by atoms with Crippen molar-refractivity contribution < 1.29 is 14.0 Å². The Balaban J connectivity index is 1.36. The van der Waals surface area contributed by atoms with Crippen molar-refractivity contribution in [2.75, 3.05) is 18.0 Å². The molecular weight excluding hydrogens is 335 g/mol. The van der Waals surface area contributed by atoms with E-state index < -0.39 is 0 Å². The summed E-state index contributed by atoms with van der Waals surface area (Å²) in [4.78, 5) is 22.6. The summed E-state index contributed by atoms with van der Waals surface area (Å²) >= 11 is 0. The molecule has 3 heterocycles. The number of nitrogens with zero attached hydrogens (tertiary/aromatic N) is 5. The molecule has 1 aromatic heterocycles. The van der Waals surface area contributed by atoms with Gasteiger partial charge in [-0.05, 0) is 18.9 Å². The third-order valence-corrected chi connectivity index (χ3v) is 4.79. The molecule has 0 saturated carbocycles. The van der Waals surface area contributed by atoms with Gasteiger partial charge < -0.3 is 10.2 Å². The van der Waals surface area contributed by atoms with Crippen molar-refractivity contribution in [1.82, 2.24) is 10.3 Å². The maximum atomic E-state index is 13.6. The number of rotatable bonds is 4. The quantitative estimate of drug-likeness (QED) is 0.816. The maximum Gasteiger partial charge on any atom is 0.425 e. The van der Waals surface area contributed by atoms with Crippen molar-refractivity contribution in [1.29, 1.82) is 0 Å². The summed E-state index contributed by atoms with van der Waals surface area (Å²) in [6.07, 6.45) is 3.16. The Morgan fingerprint density at radius 3 is 2.88 bits per heavy atom. The van der Waals surface area contributed by atoms with Crippen molar-refractivity contribution >= 4 is 11.6 Å². The largest absolute Gasteiger partial charge is 0.425 e. The summed E-state index contributed by atoms with van der Waals surface area (Å²) in [7, 11) is 0. The van der Waals surface area contributed by atoms with Crippen LogP contribution in [0.3, 0.4) is 0 Å². The Labute approximate surface area is 149 Å². The van der Waals surface area contributed by atoms with Crippen molar-refractivity contribution in [2.45, 2.75) is 19.4 Å². The zero-order valence-electron chi connectivity index (χ0n) is 14.1. The SMILES string of the molecule is O=C(NCc1ccccc1F)C1CCN(c2ccnc3c2=NN=[N+]=3)CC1. The van der Waals surface area contributed by atoms with Crippen LogP contribution in [0.25, 0.3) is 0 Å². The molecule has 7 nitrogen and oxygen atoms in total. The Bertz CT molecular complexity index is 993. The number of piperidine rings is 1. The molecule has 1 N–H and O–H groups in total. The lowest BCUT2D eigenvalue weighted by Gasteiger charge is -2.32. The minimum Gasteiger partial charge on any atom is -0.368 e. The van der Waals surface area contributed by atoms with Crippen LogP contribution in [0.1, 0.15) is 18.4 Å². The average molecular weight is 353 g/mol. The van der Waals surface area contributed by atoms with Crippen LogP contribution in [0.15, 0.2) is 46.9 Å². The molecule has 0 radical (unpaired) electrons. The topological polar surface area (TPSA) is 84.1 Å². The van der Waals surface area contributed by atoms with Crippen LogP contribution >= 0.6 is 0 Å². The van der Waals surface area contributed by atoms with Crippen molar-refractivity contribution in [3.8, 4) is 0 Å². The predicted molar refractivity (Wildman–Crippen MR) is 90.0 cm³/mol. The van der Waals surface area contributed by atoms with E-state index in [1.807, 2.05) is 6.07 Å². The van der Waals surface area contributed by atoms with E-state index in [1.165, 1.54) is 6.07 Å². The fourth-order valence-corrected chi connectivity index (χ4v) is 3.32.